The fourth-order valence-corrected chi connectivity index (χ4v) is 4.95. The molecule has 6 nitrogen and oxygen atoms in total. The third kappa shape index (κ3) is 4.09. The number of carbonyl (C=O) groups excluding carboxylic acids is 2. The predicted octanol–water partition coefficient (Wildman–Crippen LogP) is 4.56. The first kappa shape index (κ1) is 20.9. The minimum atomic E-state index is 0.133. The average Bonchev–Trinajstić information content (AvgIpc) is 3.49. The number of amides is 2. The number of benzene rings is 1. The SMILES string of the molecule is CC1CN(C(=O)Cc2cccc(Br)c2)CC=C1c1cc(N(C=O)C2CC2)nc2[nH]ccc12. The second kappa shape index (κ2) is 8.54. The number of carbonyl (C=O) groups is 2. The van der Waals surface area contributed by atoms with Crippen LogP contribution in [0.25, 0.3) is 16.6 Å². The molecule has 32 heavy (non-hydrogen) atoms. The van der Waals surface area contributed by atoms with Gasteiger partial charge in [0.1, 0.15) is 11.5 Å². The van der Waals surface area contributed by atoms with Crippen molar-refractivity contribution >= 4 is 50.7 Å². The molecule has 2 amide bonds. The standard InChI is InChI=1S/C25H25BrN4O2/c1-16-14-29(24(32)12-17-3-2-4-18(26)11-17)10-8-20(16)22-13-23(30(15-31)19-5-6-19)28-25-21(22)7-9-27-25/h2-4,7-9,11,13,15-16,19H,5-6,10,12,14H2,1H3,(H,27,28). The van der Waals surface area contributed by atoms with Gasteiger partial charge in [-0.1, -0.05) is 41.1 Å². The van der Waals surface area contributed by atoms with E-state index in [4.69, 9.17) is 0 Å². The zero-order valence-electron chi connectivity index (χ0n) is 17.9. The molecule has 0 radical (unpaired) electrons. The first-order chi connectivity index (χ1) is 15.5. The van der Waals surface area contributed by atoms with Crippen LogP contribution in [0.2, 0.25) is 0 Å². The molecule has 164 valence electrons. The molecule has 1 atom stereocenters. The Morgan fingerprint density at radius 1 is 1.31 bits per heavy atom. The van der Waals surface area contributed by atoms with Crippen LogP contribution in [0.15, 0.2) is 53.1 Å². The number of aromatic nitrogens is 2. The summed E-state index contributed by atoms with van der Waals surface area (Å²) in [4.78, 5) is 36.2. The van der Waals surface area contributed by atoms with Crippen LogP contribution in [0, 0.1) is 5.92 Å². The van der Waals surface area contributed by atoms with Crippen LogP contribution in [0.3, 0.4) is 0 Å². The number of halogens is 1. The number of anilines is 1. The van der Waals surface area contributed by atoms with E-state index in [0.717, 1.165) is 45.9 Å². The molecule has 3 aromatic rings. The molecule has 0 saturated heterocycles. The number of nitrogens with one attached hydrogen (secondary N) is 1. The van der Waals surface area contributed by atoms with Gasteiger partial charge < -0.3 is 9.88 Å². The van der Waals surface area contributed by atoms with Gasteiger partial charge in [-0.25, -0.2) is 4.98 Å². The van der Waals surface area contributed by atoms with Crippen molar-refractivity contribution in [3.8, 4) is 0 Å². The van der Waals surface area contributed by atoms with Gasteiger partial charge in [0.25, 0.3) is 0 Å². The van der Waals surface area contributed by atoms with E-state index >= 15 is 0 Å². The Morgan fingerprint density at radius 2 is 2.16 bits per heavy atom. The second-order valence-corrected chi connectivity index (χ2v) is 9.59. The maximum Gasteiger partial charge on any atom is 0.227 e. The Labute approximate surface area is 195 Å². The summed E-state index contributed by atoms with van der Waals surface area (Å²) in [5, 5.41) is 1.04. The van der Waals surface area contributed by atoms with Gasteiger partial charge in [-0.3, -0.25) is 14.5 Å². The van der Waals surface area contributed by atoms with E-state index in [0.29, 0.717) is 25.3 Å². The summed E-state index contributed by atoms with van der Waals surface area (Å²) >= 11 is 3.47. The van der Waals surface area contributed by atoms with E-state index in [-0.39, 0.29) is 17.9 Å². The first-order valence-electron chi connectivity index (χ1n) is 11.0. The van der Waals surface area contributed by atoms with E-state index in [2.05, 4.69) is 38.9 Å². The summed E-state index contributed by atoms with van der Waals surface area (Å²) in [5.41, 5.74) is 4.08. The van der Waals surface area contributed by atoms with Gasteiger partial charge in [0.05, 0.1) is 6.42 Å². The highest BCUT2D eigenvalue weighted by Gasteiger charge is 2.31. The van der Waals surface area contributed by atoms with E-state index in [1.54, 1.807) is 4.90 Å². The largest absolute Gasteiger partial charge is 0.346 e. The van der Waals surface area contributed by atoms with Gasteiger partial charge in [-0.05, 0) is 59.7 Å². The van der Waals surface area contributed by atoms with E-state index in [9.17, 15) is 9.59 Å². The number of nitrogens with zero attached hydrogens (tertiary/aromatic N) is 3. The summed E-state index contributed by atoms with van der Waals surface area (Å²) in [7, 11) is 0. The summed E-state index contributed by atoms with van der Waals surface area (Å²) in [6.07, 6.45) is 7.36. The number of H-pyrrole nitrogens is 1. The molecule has 1 aliphatic carbocycles. The van der Waals surface area contributed by atoms with Gasteiger partial charge in [-0.15, -0.1) is 0 Å². The minimum absolute atomic E-state index is 0.133. The van der Waals surface area contributed by atoms with Crippen molar-refractivity contribution in [3.63, 3.8) is 0 Å². The highest BCUT2D eigenvalue weighted by Crippen LogP contribution is 2.36. The van der Waals surface area contributed by atoms with Crippen molar-refractivity contribution in [1.29, 1.82) is 0 Å². The summed E-state index contributed by atoms with van der Waals surface area (Å²) in [5.74, 6) is 0.996. The lowest BCUT2D eigenvalue weighted by molar-refractivity contribution is -0.130. The van der Waals surface area contributed by atoms with E-state index < -0.39 is 0 Å². The van der Waals surface area contributed by atoms with Crippen LogP contribution in [-0.4, -0.2) is 46.3 Å². The summed E-state index contributed by atoms with van der Waals surface area (Å²) in [6.45, 7) is 3.40. The van der Waals surface area contributed by atoms with E-state index in [1.165, 1.54) is 5.57 Å². The van der Waals surface area contributed by atoms with Crippen LogP contribution in [0.5, 0.6) is 0 Å². The fourth-order valence-electron chi connectivity index (χ4n) is 4.50. The maximum absolute atomic E-state index is 12.9. The van der Waals surface area contributed by atoms with Crippen molar-refractivity contribution in [3.05, 3.63) is 64.3 Å². The summed E-state index contributed by atoms with van der Waals surface area (Å²) < 4.78 is 0.983. The van der Waals surface area contributed by atoms with Crippen LogP contribution >= 0.6 is 15.9 Å². The quantitative estimate of drug-likeness (QED) is 0.513. The van der Waals surface area contributed by atoms with Crippen LogP contribution in [0.4, 0.5) is 5.82 Å². The van der Waals surface area contributed by atoms with Gasteiger partial charge in [0.15, 0.2) is 0 Å². The van der Waals surface area contributed by atoms with Gasteiger partial charge >= 0.3 is 0 Å². The third-order valence-electron chi connectivity index (χ3n) is 6.30. The molecular weight excluding hydrogens is 468 g/mol. The highest BCUT2D eigenvalue weighted by molar-refractivity contribution is 9.10. The zero-order valence-corrected chi connectivity index (χ0v) is 19.5. The Balaban J connectivity index is 1.42. The molecule has 0 spiro atoms. The van der Waals surface area contributed by atoms with Crippen LogP contribution in [0.1, 0.15) is 30.9 Å². The lowest BCUT2D eigenvalue weighted by Crippen LogP contribution is -2.39. The monoisotopic (exact) mass is 492 g/mol. The molecule has 1 aliphatic heterocycles. The molecule has 3 heterocycles. The van der Waals surface area contributed by atoms with Gasteiger partial charge in [0.2, 0.25) is 12.3 Å². The number of aromatic amines is 1. The topological polar surface area (TPSA) is 69.3 Å². The molecule has 2 aliphatic rings. The maximum atomic E-state index is 12.9. The number of fused-ring (bicyclic) bond motifs is 1. The lowest BCUT2D eigenvalue weighted by Gasteiger charge is -2.32. The molecule has 1 aromatic carbocycles. The Hall–Kier alpha value is -2.93. The average molecular weight is 493 g/mol. The molecule has 7 heteroatoms. The Bertz CT molecular complexity index is 1210. The molecule has 5 rings (SSSR count). The van der Waals surface area contributed by atoms with Crippen molar-refractivity contribution in [2.45, 2.75) is 32.2 Å². The first-order valence-corrected chi connectivity index (χ1v) is 11.8. The Kier molecular flexibility index (Phi) is 5.59. The number of hydrogen-bond donors (Lipinski definition) is 1. The van der Waals surface area contributed by atoms with Crippen LogP contribution in [-0.2, 0) is 16.0 Å². The van der Waals surface area contributed by atoms with Crippen molar-refractivity contribution in [2.24, 2.45) is 5.92 Å². The van der Waals surface area contributed by atoms with E-state index in [1.807, 2.05) is 47.5 Å². The predicted molar refractivity (Wildman–Crippen MR) is 129 cm³/mol. The second-order valence-electron chi connectivity index (χ2n) is 8.68. The molecule has 1 N–H and O–H groups in total. The molecule has 1 saturated carbocycles. The number of pyridine rings is 1. The van der Waals surface area contributed by atoms with Crippen molar-refractivity contribution < 1.29 is 9.59 Å². The number of rotatable bonds is 6. The number of hydrogen-bond acceptors (Lipinski definition) is 3. The fraction of sp³-hybridized carbons (Fsp3) is 0.320. The van der Waals surface area contributed by atoms with Gasteiger partial charge in [0, 0.05) is 35.2 Å². The van der Waals surface area contributed by atoms with Gasteiger partial charge in [-0.2, -0.15) is 0 Å². The smallest absolute Gasteiger partial charge is 0.227 e. The molecular formula is C25H25BrN4O2. The lowest BCUT2D eigenvalue weighted by atomic mass is 9.89. The molecule has 1 unspecified atom stereocenters. The molecule has 1 fully saturated rings. The van der Waals surface area contributed by atoms with Crippen LogP contribution < -0.4 is 4.90 Å². The van der Waals surface area contributed by atoms with Crippen molar-refractivity contribution in [2.75, 3.05) is 18.0 Å². The summed E-state index contributed by atoms with van der Waals surface area (Å²) in [6, 6.07) is 12.2. The molecule has 2 aromatic heterocycles. The minimum Gasteiger partial charge on any atom is -0.346 e. The Morgan fingerprint density at radius 3 is 2.88 bits per heavy atom. The highest BCUT2D eigenvalue weighted by atomic mass is 79.9. The molecule has 0 bridgehead atoms. The normalized spacial score (nSPS) is 18.5. The zero-order chi connectivity index (χ0) is 22.2. The third-order valence-corrected chi connectivity index (χ3v) is 6.79. The van der Waals surface area contributed by atoms with Crippen molar-refractivity contribution in [1.82, 2.24) is 14.9 Å².